The number of nitrogens with zero attached hydrogens (tertiary/aromatic N) is 2. The van der Waals surface area contributed by atoms with Crippen LogP contribution in [0.5, 0.6) is 5.75 Å². The van der Waals surface area contributed by atoms with Crippen LogP contribution in [0.2, 0.25) is 0 Å². The largest absolute Gasteiger partial charge is 0.497 e. The number of benzene rings is 1. The van der Waals surface area contributed by atoms with Crippen LogP contribution in [0, 0.1) is 0 Å². The molecule has 2 aliphatic rings. The molecule has 3 rings (SSSR count). The van der Waals surface area contributed by atoms with E-state index in [1.807, 2.05) is 36.1 Å². The fraction of sp³-hybridized carbons (Fsp3) is 0.579. The van der Waals surface area contributed by atoms with Crippen LogP contribution in [0.3, 0.4) is 0 Å². The Bertz CT molecular complexity index is 806. The lowest BCUT2D eigenvalue weighted by atomic mass is 10.1. The lowest BCUT2D eigenvalue weighted by molar-refractivity contribution is -0.117. The van der Waals surface area contributed by atoms with Gasteiger partial charge in [0, 0.05) is 18.2 Å². The summed E-state index contributed by atoms with van der Waals surface area (Å²) in [6.07, 6.45) is 2.98. The maximum absolute atomic E-state index is 12.1. The number of hydrogen-bond donors (Lipinski definition) is 0. The summed E-state index contributed by atoms with van der Waals surface area (Å²) in [4.78, 5) is 18.5. The predicted octanol–water partition coefficient (Wildman–Crippen LogP) is 2.52. The molecule has 2 fully saturated rings. The van der Waals surface area contributed by atoms with Crippen molar-refractivity contribution in [3.63, 3.8) is 0 Å². The van der Waals surface area contributed by atoms with Gasteiger partial charge in [-0.3, -0.25) is 4.79 Å². The van der Waals surface area contributed by atoms with Crippen molar-refractivity contribution in [3.05, 3.63) is 29.8 Å². The van der Waals surface area contributed by atoms with Gasteiger partial charge in [0.05, 0.1) is 24.7 Å². The molecule has 1 amide bonds. The van der Waals surface area contributed by atoms with Gasteiger partial charge in [-0.2, -0.15) is 4.99 Å². The molecule has 0 aliphatic carbocycles. The molecule has 8 heteroatoms. The Morgan fingerprint density at radius 3 is 2.70 bits per heavy atom. The molecule has 0 radical (unpaired) electrons. The van der Waals surface area contributed by atoms with E-state index in [2.05, 4.69) is 4.99 Å². The van der Waals surface area contributed by atoms with Crippen molar-refractivity contribution in [3.8, 4) is 5.75 Å². The van der Waals surface area contributed by atoms with E-state index >= 15 is 0 Å². The molecule has 0 spiro atoms. The minimum absolute atomic E-state index is 0.0245. The summed E-state index contributed by atoms with van der Waals surface area (Å²) in [6, 6.07) is 7.76. The summed E-state index contributed by atoms with van der Waals surface area (Å²) in [5.41, 5.74) is 1.14. The maximum atomic E-state index is 12.1. The quantitative estimate of drug-likeness (QED) is 0.688. The van der Waals surface area contributed by atoms with Crippen LogP contribution in [0.4, 0.5) is 0 Å². The van der Waals surface area contributed by atoms with Crippen molar-refractivity contribution >= 4 is 32.7 Å². The number of amidine groups is 1. The highest BCUT2D eigenvalue weighted by Gasteiger charge is 2.48. The first-order chi connectivity index (χ1) is 12.9. The van der Waals surface area contributed by atoms with E-state index < -0.39 is 9.84 Å². The molecule has 0 aromatic heterocycles. The normalized spacial score (nSPS) is 25.0. The van der Waals surface area contributed by atoms with Gasteiger partial charge in [-0.15, -0.1) is 0 Å². The third-order valence-electron chi connectivity index (χ3n) is 4.94. The lowest BCUT2D eigenvalue weighted by Gasteiger charge is -2.24. The Hall–Kier alpha value is -1.54. The molecule has 0 N–H and O–H groups in total. The van der Waals surface area contributed by atoms with E-state index in [1.165, 1.54) is 11.8 Å². The van der Waals surface area contributed by atoms with E-state index in [9.17, 15) is 13.2 Å². The van der Waals surface area contributed by atoms with Crippen LogP contribution in [-0.2, 0) is 21.1 Å². The Balaban J connectivity index is 1.73. The van der Waals surface area contributed by atoms with Crippen LogP contribution in [-0.4, -0.2) is 60.8 Å². The minimum Gasteiger partial charge on any atom is -0.497 e. The van der Waals surface area contributed by atoms with E-state index in [0.717, 1.165) is 30.6 Å². The van der Waals surface area contributed by atoms with Crippen molar-refractivity contribution in [1.29, 1.82) is 0 Å². The van der Waals surface area contributed by atoms with Crippen LogP contribution in [0.25, 0.3) is 0 Å². The van der Waals surface area contributed by atoms with Crippen molar-refractivity contribution in [2.45, 2.75) is 43.9 Å². The molecule has 1 aromatic rings. The summed E-state index contributed by atoms with van der Waals surface area (Å²) in [5.74, 6) is 1.01. The molecular formula is C19H26N2O4S2. The second-order valence-electron chi connectivity index (χ2n) is 6.98. The molecule has 0 unspecified atom stereocenters. The third kappa shape index (κ3) is 5.04. The van der Waals surface area contributed by atoms with Gasteiger partial charge in [-0.25, -0.2) is 8.42 Å². The number of carbonyl (C=O) groups excluding carboxylic acids is 1. The van der Waals surface area contributed by atoms with Gasteiger partial charge >= 0.3 is 0 Å². The number of unbranched alkanes of at least 4 members (excludes halogenated alkanes) is 1. The molecule has 2 aliphatic heterocycles. The number of amides is 1. The summed E-state index contributed by atoms with van der Waals surface area (Å²) >= 11 is 1.45. The van der Waals surface area contributed by atoms with Crippen LogP contribution < -0.4 is 4.74 Å². The third-order valence-corrected chi connectivity index (χ3v) is 8.19. The monoisotopic (exact) mass is 410 g/mol. The van der Waals surface area contributed by atoms with E-state index in [1.54, 1.807) is 7.11 Å². The number of methoxy groups -OCH3 is 1. The molecule has 2 saturated heterocycles. The van der Waals surface area contributed by atoms with Crippen molar-refractivity contribution in [2.75, 3.05) is 25.2 Å². The van der Waals surface area contributed by atoms with Gasteiger partial charge in [0.15, 0.2) is 15.0 Å². The standard InChI is InChI=1S/C19H26N2O4S2/c1-3-4-5-18(22)20-19-21(16-12-27(23,24)13-17(16)26-19)11-10-14-6-8-15(25-2)9-7-14/h6-9,16-17H,3-5,10-13H2,1-2H3/t16-,17+/m1/s1. The molecule has 27 heavy (non-hydrogen) atoms. The lowest BCUT2D eigenvalue weighted by Crippen LogP contribution is -2.39. The number of carbonyl (C=O) groups is 1. The zero-order valence-electron chi connectivity index (χ0n) is 15.8. The number of aliphatic imine (C=N–C) groups is 1. The second kappa shape index (κ2) is 8.65. The Kier molecular flexibility index (Phi) is 6.47. The Morgan fingerprint density at radius 1 is 1.30 bits per heavy atom. The van der Waals surface area contributed by atoms with E-state index in [0.29, 0.717) is 18.1 Å². The van der Waals surface area contributed by atoms with Gasteiger partial charge < -0.3 is 9.64 Å². The topological polar surface area (TPSA) is 76.0 Å². The zero-order chi connectivity index (χ0) is 19.4. The zero-order valence-corrected chi connectivity index (χ0v) is 17.4. The fourth-order valence-corrected chi connectivity index (χ4v) is 7.42. The first-order valence-corrected chi connectivity index (χ1v) is 12.0. The fourth-order valence-electron chi connectivity index (χ4n) is 3.43. The van der Waals surface area contributed by atoms with E-state index in [4.69, 9.17) is 4.74 Å². The van der Waals surface area contributed by atoms with Crippen LogP contribution in [0.15, 0.2) is 29.3 Å². The van der Waals surface area contributed by atoms with Gasteiger partial charge in [0.25, 0.3) is 0 Å². The maximum Gasteiger partial charge on any atom is 0.248 e. The number of ether oxygens (including phenoxy) is 1. The Labute approximate surface area is 165 Å². The molecular weight excluding hydrogens is 384 g/mol. The van der Waals surface area contributed by atoms with Gasteiger partial charge in [0.2, 0.25) is 5.91 Å². The summed E-state index contributed by atoms with van der Waals surface area (Å²) in [6.45, 7) is 2.69. The number of fused-ring (bicyclic) bond motifs is 1. The summed E-state index contributed by atoms with van der Waals surface area (Å²) in [5, 5.41) is 0.665. The highest BCUT2D eigenvalue weighted by atomic mass is 32.2. The average molecular weight is 411 g/mol. The molecule has 2 atom stereocenters. The van der Waals surface area contributed by atoms with Crippen molar-refractivity contribution in [2.24, 2.45) is 4.99 Å². The van der Waals surface area contributed by atoms with Crippen LogP contribution >= 0.6 is 11.8 Å². The molecule has 148 valence electrons. The molecule has 0 saturated carbocycles. The van der Waals surface area contributed by atoms with Crippen molar-refractivity contribution in [1.82, 2.24) is 4.90 Å². The van der Waals surface area contributed by atoms with E-state index in [-0.39, 0.29) is 28.7 Å². The van der Waals surface area contributed by atoms with Crippen LogP contribution in [0.1, 0.15) is 31.7 Å². The number of thioether (sulfide) groups is 1. The number of hydrogen-bond acceptors (Lipinski definition) is 5. The first-order valence-electron chi connectivity index (χ1n) is 9.30. The molecule has 1 aromatic carbocycles. The van der Waals surface area contributed by atoms with Gasteiger partial charge in [-0.05, 0) is 30.5 Å². The van der Waals surface area contributed by atoms with Gasteiger partial charge in [0.1, 0.15) is 5.75 Å². The Morgan fingerprint density at radius 2 is 2.04 bits per heavy atom. The van der Waals surface area contributed by atoms with Crippen molar-refractivity contribution < 1.29 is 17.9 Å². The highest BCUT2D eigenvalue weighted by molar-refractivity contribution is 8.15. The molecule has 0 bridgehead atoms. The highest BCUT2D eigenvalue weighted by Crippen LogP contribution is 2.38. The smallest absolute Gasteiger partial charge is 0.248 e. The summed E-state index contributed by atoms with van der Waals surface area (Å²) in [7, 11) is -1.38. The first kappa shape index (κ1) is 20.2. The predicted molar refractivity (Wildman–Crippen MR) is 109 cm³/mol. The average Bonchev–Trinajstić information content (AvgIpc) is 3.09. The molecule has 2 heterocycles. The number of sulfone groups is 1. The minimum atomic E-state index is -3.02. The SMILES string of the molecule is CCCCC(=O)N=C1S[C@H]2CS(=O)(=O)C[C@H]2N1CCc1ccc(OC)cc1. The summed E-state index contributed by atoms with van der Waals surface area (Å²) < 4.78 is 29.3. The van der Waals surface area contributed by atoms with Gasteiger partial charge in [-0.1, -0.05) is 37.2 Å². The number of rotatable bonds is 7. The molecule has 6 nitrogen and oxygen atoms in total. The second-order valence-corrected chi connectivity index (χ2v) is 10.3.